The Balaban J connectivity index is 0.000000162. The third-order valence-electron chi connectivity index (χ3n) is 7.02. The Morgan fingerprint density at radius 2 is 0.851 bits per heavy atom. The van der Waals surface area contributed by atoms with E-state index in [2.05, 4.69) is 189 Å². The second-order valence-corrected chi connectivity index (χ2v) is 16.4. The standard InChI is InChI=1S/C18H10Br2S2.C18H12S2.CH3F.BHNS/c19-17-13(11-7-3-1-4-8-11)15-16(22-17)14(18(20)21-15)12-9-5-2-6-10-12;1-3-7-13(8-4-1)15-11-19-18-16(12-20-17(15)18)14-9-5-2-6-10-14;1-2;1-2-3/h1-10H;1-12H;1H3;3H/i;;1D;. The maximum atomic E-state index is 9.96. The van der Waals surface area contributed by atoms with Gasteiger partial charge in [-0.05, 0) is 54.1 Å². The molecule has 47 heavy (non-hydrogen) atoms. The van der Waals surface area contributed by atoms with Crippen LogP contribution in [-0.4, -0.2) is 14.8 Å². The van der Waals surface area contributed by atoms with Crippen LogP contribution in [0.1, 0.15) is 1.37 Å². The van der Waals surface area contributed by atoms with Crippen molar-refractivity contribution in [1.29, 1.82) is 0 Å². The molecule has 4 heterocycles. The van der Waals surface area contributed by atoms with Gasteiger partial charge >= 0.3 is 24.8 Å². The fourth-order valence-electron chi connectivity index (χ4n) is 5.04. The molecule has 10 heteroatoms. The zero-order valence-corrected chi connectivity index (χ0v) is 32.0. The first-order valence-electron chi connectivity index (χ1n) is 14.7. The van der Waals surface area contributed by atoms with E-state index in [4.69, 9.17) is 1.37 Å². The van der Waals surface area contributed by atoms with Gasteiger partial charge in [0.05, 0.1) is 34.9 Å². The number of benzene rings is 4. The summed E-state index contributed by atoms with van der Waals surface area (Å²) in [6, 6.07) is 42.4. The van der Waals surface area contributed by atoms with E-state index in [0.717, 1.165) is 0 Å². The minimum atomic E-state index is -1.00. The molecule has 1 nitrogen and oxygen atoms in total. The van der Waals surface area contributed by atoms with Gasteiger partial charge in [-0.1, -0.05) is 121 Å². The van der Waals surface area contributed by atoms with E-state index < -0.39 is 7.15 Å². The number of nitrogens with zero attached hydrogens (tertiary/aromatic N) is 1. The van der Waals surface area contributed by atoms with Crippen molar-refractivity contribution < 1.29 is 5.76 Å². The molecule has 0 saturated heterocycles. The zero-order valence-electron chi connectivity index (χ0n) is 25.6. The van der Waals surface area contributed by atoms with Crippen LogP contribution in [0.25, 0.3) is 63.3 Å². The molecule has 0 unspecified atom stereocenters. The maximum Gasteiger partial charge on any atom is 0.0535 e. The van der Waals surface area contributed by atoms with Gasteiger partial charge < -0.3 is 0 Å². The summed E-state index contributed by atoms with van der Waals surface area (Å²) >= 11 is 18.0. The van der Waals surface area contributed by atoms with E-state index in [1.54, 1.807) is 0 Å². The van der Waals surface area contributed by atoms with Crippen molar-refractivity contribution in [1.82, 2.24) is 0 Å². The fourth-order valence-corrected chi connectivity index (χ4v) is 12.0. The zero-order chi connectivity index (χ0) is 33.9. The Bertz CT molecular complexity index is 2030. The summed E-state index contributed by atoms with van der Waals surface area (Å²) in [6.45, 7) is 0. The average molecular weight is 836 g/mol. The molecule has 0 aliphatic heterocycles. The molecule has 233 valence electrons. The first-order chi connectivity index (χ1) is 23.5. The van der Waals surface area contributed by atoms with E-state index in [0.29, 0.717) is 0 Å². The van der Waals surface area contributed by atoms with E-state index in [1.807, 2.05) is 45.3 Å². The van der Waals surface area contributed by atoms with Crippen LogP contribution in [-0.2, 0) is 0 Å². The maximum absolute atomic E-state index is 9.96. The van der Waals surface area contributed by atoms with Crippen molar-refractivity contribution in [3.05, 3.63) is 140 Å². The molecule has 4 aromatic carbocycles. The molecule has 0 spiro atoms. The number of hydrogen-bond acceptors (Lipinski definition) is 6. The summed E-state index contributed by atoms with van der Waals surface area (Å²) < 4.78 is 26.1. The van der Waals surface area contributed by atoms with Gasteiger partial charge in [-0.25, -0.2) is 0 Å². The number of alkyl halides is 1. The van der Waals surface area contributed by atoms with Crippen molar-refractivity contribution in [2.24, 2.45) is 4.30 Å². The van der Waals surface area contributed by atoms with Gasteiger partial charge in [0.1, 0.15) is 0 Å². The van der Waals surface area contributed by atoms with Crippen LogP contribution in [0.5, 0.6) is 0 Å². The summed E-state index contributed by atoms with van der Waals surface area (Å²) in [4.78, 5) is 0. The minimum absolute atomic E-state index is 1.00. The van der Waals surface area contributed by atoms with E-state index >= 15 is 0 Å². The summed E-state index contributed by atoms with van der Waals surface area (Å²) in [6.07, 6.45) is 0. The molecule has 0 saturated carbocycles. The number of halogens is 3. The predicted molar refractivity (Wildman–Crippen MR) is 221 cm³/mol. The Hall–Kier alpha value is -2.70. The number of thiol groups is 1. The summed E-state index contributed by atoms with van der Waals surface area (Å²) in [5, 5.41) is 4.56. The Morgan fingerprint density at radius 3 is 1.15 bits per heavy atom. The predicted octanol–water partition coefficient (Wildman–Crippen LogP) is 14.9. The van der Waals surface area contributed by atoms with Crippen LogP contribution in [0.15, 0.2) is 144 Å². The van der Waals surface area contributed by atoms with Crippen LogP contribution in [0, 0.1) is 0 Å². The molecule has 0 amide bonds. The molecule has 8 aromatic rings. The smallest absolute Gasteiger partial charge is 0.0535 e. The van der Waals surface area contributed by atoms with Crippen LogP contribution < -0.4 is 0 Å². The number of fused-ring (bicyclic) bond motifs is 2. The summed E-state index contributed by atoms with van der Waals surface area (Å²) in [5.74, 6) is 0. The molecule has 1 radical (unpaired) electrons. The SMILES string of the molecule is Brc1sc2c(-c3ccccc3)c(Br)sc2c1-c1ccccc1.[2H]CF.[B]=NS.c1ccc(-c2csc3c(-c4ccccc4)csc23)cc1. The topological polar surface area (TPSA) is 12.4 Å². The quantitative estimate of drug-likeness (QED) is 0.134. The Kier molecular flexibility index (Phi) is 12.8. The van der Waals surface area contributed by atoms with Gasteiger partial charge in [0.2, 0.25) is 0 Å². The van der Waals surface area contributed by atoms with E-state index in [1.165, 1.54) is 70.9 Å². The van der Waals surface area contributed by atoms with Gasteiger partial charge in [-0.3, -0.25) is 4.39 Å². The molecule has 0 aliphatic carbocycles. The van der Waals surface area contributed by atoms with Crippen LogP contribution in [0.3, 0.4) is 0 Å². The van der Waals surface area contributed by atoms with Crippen LogP contribution in [0.4, 0.5) is 4.39 Å². The number of rotatable bonds is 4. The number of thiophene rings is 4. The van der Waals surface area contributed by atoms with Crippen LogP contribution >= 0.6 is 90.0 Å². The monoisotopic (exact) mass is 833 g/mol. The normalized spacial score (nSPS) is 10.6. The Morgan fingerprint density at radius 1 is 0.574 bits per heavy atom. The molecular formula is C37H26BBr2FNS5. The van der Waals surface area contributed by atoms with Gasteiger partial charge in [-0.15, -0.1) is 45.3 Å². The van der Waals surface area contributed by atoms with Crippen molar-refractivity contribution in [2.45, 2.75) is 0 Å². The van der Waals surface area contributed by atoms with Gasteiger partial charge in [0.25, 0.3) is 0 Å². The van der Waals surface area contributed by atoms with Gasteiger partial charge in [0, 0.05) is 33.0 Å². The first kappa shape index (κ1) is 34.2. The number of hydrogen-bond donors (Lipinski definition) is 1. The summed E-state index contributed by atoms with van der Waals surface area (Å²) in [7, 11) is 3.34. The summed E-state index contributed by atoms with van der Waals surface area (Å²) in [5.41, 5.74) is 10.4. The first-order valence-corrected chi connectivity index (χ1v) is 19.4. The van der Waals surface area contributed by atoms with E-state index in [-0.39, 0.29) is 0 Å². The van der Waals surface area contributed by atoms with Crippen molar-refractivity contribution in [3.63, 3.8) is 0 Å². The largest absolute Gasteiger partial charge is 0.142 e. The average Bonchev–Trinajstić information content (AvgIpc) is 3.87. The molecular weight excluding hydrogens is 808 g/mol. The minimum Gasteiger partial charge on any atom is -0.142 e. The van der Waals surface area contributed by atoms with Crippen molar-refractivity contribution in [2.75, 3.05) is 7.15 Å². The molecule has 0 fully saturated rings. The molecule has 4 aromatic heterocycles. The third kappa shape index (κ3) is 8.13. The van der Waals surface area contributed by atoms with Gasteiger partial charge in [-0.2, -0.15) is 0 Å². The van der Waals surface area contributed by atoms with Gasteiger partial charge in [0.15, 0.2) is 0 Å². The molecule has 0 atom stereocenters. The van der Waals surface area contributed by atoms with E-state index in [9.17, 15) is 4.39 Å². The van der Waals surface area contributed by atoms with Crippen molar-refractivity contribution in [3.8, 4) is 44.5 Å². The fraction of sp³-hybridized carbons (Fsp3) is 0.0270. The molecule has 8 rings (SSSR count). The Labute approximate surface area is 315 Å². The molecule has 0 N–H and O–H groups in total. The molecule has 0 bridgehead atoms. The molecule has 0 aliphatic rings. The van der Waals surface area contributed by atoms with Crippen molar-refractivity contribution >= 4 is 116 Å². The second-order valence-electron chi connectivity index (χ2n) is 9.70. The second kappa shape index (κ2) is 17.6. The van der Waals surface area contributed by atoms with Crippen LogP contribution in [0.2, 0.25) is 0 Å². The third-order valence-corrected chi connectivity index (χ3v) is 13.1.